The molecule has 1 aromatic carbocycles. The van der Waals surface area contributed by atoms with E-state index in [0.29, 0.717) is 31.0 Å². The largest absolute Gasteiger partial charge is 0.482 e. The highest BCUT2D eigenvalue weighted by Gasteiger charge is 2.40. The van der Waals surface area contributed by atoms with Crippen LogP contribution in [0.5, 0.6) is 0 Å². The van der Waals surface area contributed by atoms with Gasteiger partial charge in [0.1, 0.15) is 11.9 Å². The number of carbonyl (C=O) groups is 2. The summed E-state index contributed by atoms with van der Waals surface area (Å²) in [5.74, 6) is -1.39. The molecule has 0 bridgehead atoms. The number of nitriles is 1. The van der Waals surface area contributed by atoms with Gasteiger partial charge in [-0.1, -0.05) is 12.1 Å². The van der Waals surface area contributed by atoms with E-state index in [1.54, 1.807) is 17.0 Å². The Kier molecular flexibility index (Phi) is 4.84. The first-order valence-corrected chi connectivity index (χ1v) is 8.93. The maximum Gasteiger partial charge on any atom is 0.262 e. The summed E-state index contributed by atoms with van der Waals surface area (Å²) in [4.78, 5) is 25.6. The second-order valence-electron chi connectivity index (χ2n) is 6.90. The van der Waals surface area contributed by atoms with Crippen LogP contribution >= 0.6 is 0 Å². The monoisotopic (exact) mass is 383 g/mol. The van der Waals surface area contributed by atoms with Crippen LogP contribution in [0, 0.1) is 17.2 Å². The standard InChI is InChI=1S/C20H18FN3O4/c21-16-6-18-17(23-19(25)11-28-18)5-15(16)20(26)24-8-14(9-24)27-10-13-3-1-12(7-22)2-4-13/h1-6,14-16H,8-11H2,(H,23,25). The van der Waals surface area contributed by atoms with E-state index >= 15 is 0 Å². The van der Waals surface area contributed by atoms with E-state index in [2.05, 4.69) is 11.4 Å². The summed E-state index contributed by atoms with van der Waals surface area (Å²) in [5.41, 5.74) is 1.87. The lowest BCUT2D eigenvalue weighted by atomic mass is 9.92. The van der Waals surface area contributed by atoms with Gasteiger partial charge in [-0.05, 0) is 29.8 Å². The molecule has 4 rings (SSSR count). The predicted octanol–water partition coefficient (Wildman–Crippen LogP) is 1.17. The number of rotatable bonds is 4. The Morgan fingerprint density at radius 3 is 2.79 bits per heavy atom. The highest BCUT2D eigenvalue weighted by Crippen LogP contribution is 2.29. The molecule has 0 spiro atoms. The number of alkyl halides is 1. The first kappa shape index (κ1) is 18.2. The number of hydrogen-bond acceptors (Lipinski definition) is 5. The van der Waals surface area contributed by atoms with Crippen molar-refractivity contribution in [1.82, 2.24) is 10.2 Å². The van der Waals surface area contributed by atoms with Gasteiger partial charge in [0, 0.05) is 13.1 Å². The number of hydrogen-bond donors (Lipinski definition) is 1. The third kappa shape index (κ3) is 3.62. The first-order valence-electron chi connectivity index (χ1n) is 8.93. The van der Waals surface area contributed by atoms with Gasteiger partial charge < -0.3 is 19.7 Å². The van der Waals surface area contributed by atoms with Crippen molar-refractivity contribution in [2.45, 2.75) is 18.9 Å². The molecule has 2 unspecified atom stereocenters. The van der Waals surface area contributed by atoms with Crippen molar-refractivity contribution in [1.29, 1.82) is 5.26 Å². The van der Waals surface area contributed by atoms with Crippen LogP contribution in [-0.2, 0) is 25.7 Å². The molecule has 2 saturated heterocycles. The van der Waals surface area contributed by atoms with Crippen LogP contribution in [-0.4, -0.2) is 48.7 Å². The second-order valence-corrected chi connectivity index (χ2v) is 6.90. The Hall–Kier alpha value is -3.18. The normalized spacial score (nSPS) is 24.0. The zero-order chi connectivity index (χ0) is 19.7. The Balaban J connectivity index is 1.29. The van der Waals surface area contributed by atoms with Crippen molar-refractivity contribution < 1.29 is 23.5 Å². The number of halogens is 1. The predicted molar refractivity (Wildman–Crippen MR) is 95.0 cm³/mol. The molecule has 2 atom stereocenters. The fraction of sp³-hybridized carbons (Fsp3) is 0.350. The van der Waals surface area contributed by atoms with Crippen LogP contribution in [0.4, 0.5) is 4.39 Å². The quantitative estimate of drug-likeness (QED) is 0.843. The lowest BCUT2D eigenvalue weighted by Gasteiger charge is -2.41. The van der Waals surface area contributed by atoms with Crippen LogP contribution in [0.1, 0.15) is 11.1 Å². The van der Waals surface area contributed by atoms with Crippen LogP contribution in [0.2, 0.25) is 0 Å². The summed E-state index contributed by atoms with van der Waals surface area (Å²) in [6.07, 6.45) is 1.04. The Morgan fingerprint density at radius 2 is 2.07 bits per heavy atom. The molecular weight excluding hydrogens is 365 g/mol. The van der Waals surface area contributed by atoms with E-state index < -0.39 is 12.1 Å². The van der Waals surface area contributed by atoms with Gasteiger partial charge in [0.05, 0.1) is 36.0 Å². The summed E-state index contributed by atoms with van der Waals surface area (Å²) < 4.78 is 25.3. The Bertz CT molecular complexity index is 897. The maximum atomic E-state index is 14.4. The summed E-state index contributed by atoms with van der Waals surface area (Å²) in [5, 5.41) is 11.4. The topological polar surface area (TPSA) is 91.7 Å². The number of carbonyl (C=O) groups excluding carboxylic acids is 2. The number of allylic oxidation sites excluding steroid dienone is 1. The van der Waals surface area contributed by atoms with E-state index in [1.165, 1.54) is 12.2 Å². The van der Waals surface area contributed by atoms with Gasteiger partial charge in [-0.2, -0.15) is 5.26 Å². The first-order chi connectivity index (χ1) is 13.5. The molecule has 144 valence electrons. The minimum Gasteiger partial charge on any atom is -0.482 e. The molecule has 1 aliphatic carbocycles. The van der Waals surface area contributed by atoms with Gasteiger partial charge in [0.25, 0.3) is 5.91 Å². The van der Waals surface area contributed by atoms with Crippen LogP contribution in [0.3, 0.4) is 0 Å². The number of fused-ring (bicyclic) bond motifs is 1. The Labute approximate surface area is 161 Å². The minimum absolute atomic E-state index is 0.113. The smallest absolute Gasteiger partial charge is 0.262 e. The fourth-order valence-electron chi connectivity index (χ4n) is 3.28. The zero-order valence-electron chi connectivity index (χ0n) is 14.9. The highest BCUT2D eigenvalue weighted by molar-refractivity contribution is 5.85. The third-order valence-corrected chi connectivity index (χ3v) is 4.91. The van der Waals surface area contributed by atoms with Crippen molar-refractivity contribution in [3.05, 3.63) is 59.0 Å². The molecule has 1 N–H and O–H groups in total. The third-order valence-electron chi connectivity index (χ3n) is 4.91. The van der Waals surface area contributed by atoms with Gasteiger partial charge in [0.2, 0.25) is 5.91 Å². The molecular formula is C20H18FN3O4. The molecule has 28 heavy (non-hydrogen) atoms. The van der Waals surface area contributed by atoms with E-state index in [0.717, 1.165) is 5.56 Å². The summed E-state index contributed by atoms with van der Waals surface area (Å²) in [6, 6.07) is 9.16. The van der Waals surface area contributed by atoms with Crippen LogP contribution < -0.4 is 5.32 Å². The lowest BCUT2D eigenvalue weighted by Crippen LogP contribution is -2.57. The molecule has 2 aliphatic heterocycles. The maximum absolute atomic E-state index is 14.4. The van der Waals surface area contributed by atoms with E-state index in [4.69, 9.17) is 14.7 Å². The average molecular weight is 383 g/mol. The molecule has 0 saturated carbocycles. The molecule has 0 radical (unpaired) electrons. The van der Waals surface area contributed by atoms with Crippen molar-refractivity contribution >= 4 is 11.8 Å². The number of nitrogens with zero attached hydrogens (tertiary/aromatic N) is 2. The number of nitrogens with one attached hydrogen (secondary N) is 1. The van der Waals surface area contributed by atoms with Crippen molar-refractivity contribution in [2.24, 2.45) is 5.92 Å². The molecule has 0 aromatic heterocycles. The number of likely N-dealkylation sites (tertiary alicyclic amines) is 1. The van der Waals surface area contributed by atoms with Gasteiger partial charge >= 0.3 is 0 Å². The van der Waals surface area contributed by atoms with Gasteiger partial charge in [0.15, 0.2) is 6.61 Å². The lowest BCUT2D eigenvalue weighted by molar-refractivity contribution is -0.150. The van der Waals surface area contributed by atoms with Crippen LogP contribution in [0.15, 0.2) is 47.9 Å². The second kappa shape index (κ2) is 7.44. The average Bonchev–Trinajstić information content (AvgIpc) is 2.66. The summed E-state index contributed by atoms with van der Waals surface area (Å²) in [7, 11) is 0. The van der Waals surface area contributed by atoms with E-state index in [-0.39, 0.29) is 30.3 Å². The van der Waals surface area contributed by atoms with Crippen molar-refractivity contribution in [3.8, 4) is 6.07 Å². The molecule has 2 fully saturated rings. The SMILES string of the molecule is N#Cc1ccc(COC2CN(C(=O)C3C=C4NC(=O)COC4=CC3F)C2)cc1. The molecule has 8 heteroatoms. The van der Waals surface area contributed by atoms with Crippen molar-refractivity contribution in [3.63, 3.8) is 0 Å². The minimum atomic E-state index is -1.50. The molecule has 2 amide bonds. The molecule has 1 aromatic rings. The van der Waals surface area contributed by atoms with Gasteiger partial charge in [-0.15, -0.1) is 0 Å². The highest BCUT2D eigenvalue weighted by atomic mass is 19.1. The number of benzene rings is 1. The van der Waals surface area contributed by atoms with Gasteiger partial charge in [-0.25, -0.2) is 4.39 Å². The van der Waals surface area contributed by atoms with Gasteiger partial charge in [-0.3, -0.25) is 9.59 Å². The molecule has 7 nitrogen and oxygen atoms in total. The Morgan fingerprint density at radius 1 is 1.32 bits per heavy atom. The number of morpholine rings is 1. The number of ether oxygens (including phenoxy) is 2. The van der Waals surface area contributed by atoms with Crippen molar-refractivity contribution in [2.75, 3.05) is 19.7 Å². The van der Waals surface area contributed by atoms with Crippen LogP contribution in [0.25, 0.3) is 0 Å². The van der Waals surface area contributed by atoms with E-state index in [1.807, 2.05) is 12.1 Å². The summed E-state index contributed by atoms with van der Waals surface area (Å²) >= 11 is 0. The molecule has 2 heterocycles. The zero-order valence-corrected chi connectivity index (χ0v) is 14.9. The molecule has 3 aliphatic rings. The fourth-order valence-corrected chi connectivity index (χ4v) is 3.28. The summed E-state index contributed by atoms with van der Waals surface area (Å²) in [6.45, 7) is 1.01. The van der Waals surface area contributed by atoms with E-state index in [9.17, 15) is 14.0 Å². The number of amides is 2.